The van der Waals surface area contributed by atoms with Gasteiger partial charge in [-0.15, -0.1) is 12.4 Å². The Morgan fingerprint density at radius 1 is 1.56 bits per heavy atom. The Balaban J connectivity index is 0. The number of ketones is 1. The van der Waals surface area contributed by atoms with Crippen LogP contribution in [0.1, 0.15) is 20.8 Å². The molecule has 0 spiro atoms. The monoisotopic (exact) mass is 151 g/mol. The summed E-state index contributed by atoms with van der Waals surface area (Å²) >= 11 is 0. The fraction of sp³-hybridized carbons (Fsp3) is 0.833. The normalized spacial score (nSPS) is 10.2. The van der Waals surface area contributed by atoms with Crippen molar-refractivity contribution in [1.29, 1.82) is 0 Å². The average molecular weight is 152 g/mol. The minimum absolute atomic E-state index is 0. The summed E-state index contributed by atoms with van der Waals surface area (Å²) in [7, 11) is 0. The molecule has 0 heterocycles. The zero-order chi connectivity index (χ0) is 6.78. The fourth-order valence-electron chi connectivity index (χ4n) is 0.144. The van der Waals surface area contributed by atoms with Gasteiger partial charge in [0.05, 0.1) is 0 Å². The zero-order valence-corrected chi connectivity index (χ0v) is 6.92. The number of carbonyl (C=O) groups excluding carboxylic acids is 1. The summed E-state index contributed by atoms with van der Waals surface area (Å²) in [5, 5.41) is 0. The van der Waals surface area contributed by atoms with E-state index in [1.54, 1.807) is 6.92 Å². The standard InChI is InChI=1S/C6H13NO.ClH/c1-5(8)6(2,3)4-7;/h4,7H2,1-3H3;1H. The van der Waals surface area contributed by atoms with E-state index >= 15 is 0 Å². The molecular weight excluding hydrogens is 138 g/mol. The first-order chi connectivity index (χ1) is 3.50. The molecule has 0 bridgehead atoms. The van der Waals surface area contributed by atoms with Crippen LogP contribution >= 0.6 is 12.4 Å². The summed E-state index contributed by atoms with van der Waals surface area (Å²) in [5.74, 6) is 0.153. The van der Waals surface area contributed by atoms with Gasteiger partial charge in [0, 0.05) is 12.0 Å². The van der Waals surface area contributed by atoms with Gasteiger partial charge in [0.25, 0.3) is 0 Å². The second-order valence-electron chi connectivity index (χ2n) is 2.64. The molecule has 0 aliphatic carbocycles. The van der Waals surface area contributed by atoms with Crippen molar-refractivity contribution in [2.75, 3.05) is 6.54 Å². The van der Waals surface area contributed by atoms with Gasteiger partial charge >= 0.3 is 0 Å². The van der Waals surface area contributed by atoms with Gasteiger partial charge in [-0.1, -0.05) is 13.8 Å². The quantitative estimate of drug-likeness (QED) is 0.640. The van der Waals surface area contributed by atoms with Crippen LogP contribution in [0, 0.1) is 5.41 Å². The molecule has 9 heavy (non-hydrogen) atoms. The molecule has 0 unspecified atom stereocenters. The third-order valence-corrected chi connectivity index (χ3v) is 1.46. The highest BCUT2D eigenvalue weighted by Gasteiger charge is 2.20. The second-order valence-corrected chi connectivity index (χ2v) is 2.64. The van der Waals surface area contributed by atoms with Crippen LogP contribution in [0.15, 0.2) is 0 Å². The molecule has 0 amide bonds. The van der Waals surface area contributed by atoms with E-state index in [4.69, 9.17) is 5.73 Å². The number of hydrogen-bond donors (Lipinski definition) is 1. The zero-order valence-electron chi connectivity index (χ0n) is 6.10. The van der Waals surface area contributed by atoms with Gasteiger partial charge in [-0.3, -0.25) is 4.79 Å². The molecule has 0 aliphatic heterocycles. The van der Waals surface area contributed by atoms with E-state index in [0.717, 1.165) is 0 Å². The van der Waals surface area contributed by atoms with Crippen LogP contribution in [0.5, 0.6) is 0 Å². The predicted octanol–water partition coefficient (Wildman–Crippen LogP) is 0.982. The summed E-state index contributed by atoms with van der Waals surface area (Å²) in [6, 6.07) is 0. The minimum Gasteiger partial charge on any atom is -0.329 e. The summed E-state index contributed by atoms with van der Waals surface area (Å²) in [5.41, 5.74) is 4.97. The lowest BCUT2D eigenvalue weighted by atomic mass is 9.89. The molecule has 0 aliphatic rings. The Morgan fingerprint density at radius 3 is 1.89 bits per heavy atom. The predicted molar refractivity (Wildman–Crippen MR) is 40.8 cm³/mol. The molecule has 0 aromatic carbocycles. The van der Waals surface area contributed by atoms with Crippen LogP contribution in [0.2, 0.25) is 0 Å². The van der Waals surface area contributed by atoms with Crippen LogP contribution in [0.25, 0.3) is 0 Å². The van der Waals surface area contributed by atoms with E-state index in [0.29, 0.717) is 6.54 Å². The first-order valence-corrected chi connectivity index (χ1v) is 2.72. The number of halogens is 1. The maximum Gasteiger partial charge on any atom is 0.136 e. The van der Waals surface area contributed by atoms with Crippen molar-refractivity contribution in [3.63, 3.8) is 0 Å². The maximum absolute atomic E-state index is 10.6. The molecule has 0 aromatic heterocycles. The summed E-state index contributed by atoms with van der Waals surface area (Å²) in [6.45, 7) is 5.68. The molecule has 0 radical (unpaired) electrons. The van der Waals surface area contributed by atoms with Crippen LogP contribution in [-0.4, -0.2) is 12.3 Å². The Labute approximate surface area is 62.2 Å². The Morgan fingerprint density at radius 2 is 1.89 bits per heavy atom. The van der Waals surface area contributed by atoms with Crippen LogP contribution < -0.4 is 5.73 Å². The van der Waals surface area contributed by atoms with E-state index in [1.165, 1.54) is 0 Å². The van der Waals surface area contributed by atoms with Crippen molar-refractivity contribution >= 4 is 18.2 Å². The van der Waals surface area contributed by atoms with Gasteiger partial charge in [0.1, 0.15) is 5.78 Å². The number of nitrogens with two attached hydrogens (primary N) is 1. The SMILES string of the molecule is CC(=O)C(C)(C)CN.Cl. The number of hydrogen-bond acceptors (Lipinski definition) is 2. The highest BCUT2D eigenvalue weighted by molar-refractivity contribution is 5.85. The van der Waals surface area contributed by atoms with E-state index < -0.39 is 0 Å². The molecular formula is C6H14ClNO. The summed E-state index contributed by atoms with van der Waals surface area (Å²) in [6.07, 6.45) is 0. The molecule has 0 saturated carbocycles. The largest absolute Gasteiger partial charge is 0.329 e. The molecule has 56 valence electrons. The first kappa shape index (κ1) is 11.7. The third kappa shape index (κ3) is 3.49. The third-order valence-electron chi connectivity index (χ3n) is 1.46. The van der Waals surface area contributed by atoms with Gasteiger partial charge in [-0.2, -0.15) is 0 Å². The maximum atomic E-state index is 10.6. The molecule has 2 N–H and O–H groups in total. The lowest BCUT2D eigenvalue weighted by Crippen LogP contribution is -2.30. The highest BCUT2D eigenvalue weighted by atomic mass is 35.5. The smallest absolute Gasteiger partial charge is 0.136 e. The van der Waals surface area contributed by atoms with Gasteiger partial charge < -0.3 is 5.73 Å². The first-order valence-electron chi connectivity index (χ1n) is 2.72. The Bertz CT molecular complexity index is 101. The van der Waals surface area contributed by atoms with Crippen molar-refractivity contribution in [2.45, 2.75) is 20.8 Å². The van der Waals surface area contributed by atoms with E-state index in [2.05, 4.69) is 0 Å². The van der Waals surface area contributed by atoms with Gasteiger partial charge in [0.15, 0.2) is 0 Å². The van der Waals surface area contributed by atoms with Gasteiger partial charge in [0.2, 0.25) is 0 Å². The fourth-order valence-corrected chi connectivity index (χ4v) is 0.144. The molecule has 2 nitrogen and oxygen atoms in total. The van der Waals surface area contributed by atoms with Crippen molar-refractivity contribution < 1.29 is 4.79 Å². The van der Waals surface area contributed by atoms with Crippen molar-refractivity contribution in [1.82, 2.24) is 0 Å². The second kappa shape index (κ2) is 3.85. The molecule has 0 rings (SSSR count). The van der Waals surface area contributed by atoms with Gasteiger partial charge in [-0.25, -0.2) is 0 Å². The van der Waals surface area contributed by atoms with E-state index in [-0.39, 0.29) is 23.6 Å². The summed E-state index contributed by atoms with van der Waals surface area (Å²) in [4.78, 5) is 10.6. The minimum atomic E-state index is -0.319. The number of Topliss-reactive ketones (excluding diaryl/α,β-unsaturated/α-hetero) is 1. The van der Waals surface area contributed by atoms with E-state index in [1.807, 2.05) is 13.8 Å². The van der Waals surface area contributed by atoms with Crippen molar-refractivity contribution in [3.8, 4) is 0 Å². The molecule has 0 aromatic rings. The van der Waals surface area contributed by atoms with Crippen LogP contribution in [0.3, 0.4) is 0 Å². The van der Waals surface area contributed by atoms with Crippen LogP contribution in [0.4, 0.5) is 0 Å². The van der Waals surface area contributed by atoms with Gasteiger partial charge in [-0.05, 0) is 6.92 Å². The van der Waals surface area contributed by atoms with Crippen molar-refractivity contribution in [2.24, 2.45) is 11.1 Å². The molecule has 0 atom stereocenters. The number of carbonyl (C=O) groups is 1. The summed E-state index contributed by atoms with van der Waals surface area (Å²) < 4.78 is 0. The molecule has 0 fully saturated rings. The molecule has 3 heteroatoms. The van der Waals surface area contributed by atoms with Crippen LogP contribution in [-0.2, 0) is 4.79 Å². The number of rotatable bonds is 2. The lowest BCUT2D eigenvalue weighted by molar-refractivity contribution is -0.124. The van der Waals surface area contributed by atoms with Crippen molar-refractivity contribution in [3.05, 3.63) is 0 Å². The average Bonchev–Trinajstić information content (AvgIpc) is 1.67. The molecule has 0 saturated heterocycles. The highest BCUT2D eigenvalue weighted by Crippen LogP contribution is 2.12. The Hall–Kier alpha value is -0.0800. The topological polar surface area (TPSA) is 43.1 Å². The van der Waals surface area contributed by atoms with E-state index in [9.17, 15) is 4.79 Å². The lowest BCUT2D eigenvalue weighted by Gasteiger charge is -2.16. The Kier molecular flexibility index (Phi) is 5.00.